The van der Waals surface area contributed by atoms with Crippen LogP contribution in [0.4, 0.5) is 13.2 Å². The zero-order valence-corrected chi connectivity index (χ0v) is 13.9. The van der Waals surface area contributed by atoms with Gasteiger partial charge in [0.05, 0.1) is 11.7 Å². The summed E-state index contributed by atoms with van der Waals surface area (Å²) in [4.78, 5) is 0. The number of alkyl halides is 3. The molecule has 0 saturated carbocycles. The summed E-state index contributed by atoms with van der Waals surface area (Å²) in [5.41, 5.74) is -0.0849. The lowest BCUT2D eigenvalue weighted by Gasteiger charge is -2.16. The van der Waals surface area contributed by atoms with E-state index in [0.717, 1.165) is 11.6 Å². The van der Waals surface area contributed by atoms with Crippen molar-refractivity contribution >= 4 is 11.6 Å². The maximum atomic E-state index is 13.0. The van der Waals surface area contributed by atoms with Crippen molar-refractivity contribution in [2.24, 2.45) is 0 Å². The Balaban J connectivity index is 2.39. The number of hydrogen-bond donors (Lipinski definition) is 0. The molecule has 1 atom stereocenters. The fourth-order valence-corrected chi connectivity index (χ4v) is 2.21. The van der Waals surface area contributed by atoms with Crippen molar-refractivity contribution in [1.29, 1.82) is 0 Å². The first kappa shape index (κ1) is 18.4. The van der Waals surface area contributed by atoms with E-state index in [1.54, 1.807) is 24.3 Å². The van der Waals surface area contributed by atoms with E-state index in [9.17, 15) is 13.2 Å². The maximum absolute atomic E-state index is 13.0. The van der Waals surface area contributed by atoms with Crippen LogP contribution < -0.4 is 0 Å². The van der Waals surface area contributed by atoms with E-state index in [1.165, 1.54) is 18.2 Å². The molecule has 2 aromatic carbocycles. The fraction of sp³-hybridized carbons (Fsp3) is 0.263. The molecule has 0 bridgehead atoms. The maximum Gasteiger partial charge on any atom is 0.417 e. The lowest BCUT2D eigenvalue weighted by molar-refractivity contribution is -0.137. The minimum absolute atomic E-state index is 0.0729. The van der Waals surface area contributed by atoms with Gasteiger partial charge in [-0.15, -0.1) is 0 Å². The Kier molecular flexibility index (Phi) is 5.93. The molecular weight excluding hydrogens is 337 g/mol. The van der Waals surface area contributed by atoms with E-state index in [-0.39, 0.29) is 11.7 Å². The normalized spacial score (nSPS) is 12.6. The van der Waals surface area contributed by atoms with Crippen LogP contribution in [0.3, 0.4) is 0 Å². The smallest absolute Gasteiger partial charge is 0.358 e. The van der Waals surface area contributed by atoms with Gasteiger partial charge in [-0.1, -0.05) is 47.7 Å². The SMILES string of the molecule is CC(C)OC(C#Cc1ccccc1C(F)(F)F)c1ccc(Cl)cc1. The molecular formula is C19H16ClF3O. The van der Waals surface area contributed by atoms with Gasteiger partial charge in [0.2, 0.25) is 0 Å². The van der Waals surface area contributed by atoms with Crippen molar-refractivity contribution in [1.82, 2.24) is 0 Å². The molecule has 0 aliphatic rings. The average molecular weight is 353 g/mol. The third-order valence-electron chi connectivity index (χ3n) is 3.15. The zero-order chi connectivity index (χ0) is 17.7. The molecule has 1 unspecified atom stereocenters. The Morgan fingerprint density at radius 2 is 1.62 bits per heavy atom. The van der Waals surface area contributed by atoms with Gasteiger partial charge in [-0.2, -0.15) is 13.2 Å². The molecule has 0 radical (unpaired) electrons. The molecule has 0 aliphatic heterocycles. The Labute approximate surface area is 144 Å². The van der Waals surface area contributed by atoms with E-state index in [2.05, 4.69) is 11.8 Å². The first-order valence-corrected chi connectivity index (χ1v) is 7.74. The minimum Gasteiger partial charge on any atom is -0.358 e. The van der Waals surface area contributed by atoms with Crippen LogP contribution in [0.25, 0.3) is 0 Å². The topological polar surface area (TPSA) is 9.23 Å². The summed E-state index contributed by atoms with van der Waals surface area (Å²) in [5.74, 6) is 5.41. The Morgan fingerprint density at radius 3 is 2.21 bits per heavy atom. The van der Waals surface area contributed by atoms with E-state index in [1.807, 2.05) is 13.8 Å². The second-order valence-electron chi connectivity index (χ2n) is 5.43. The van der Waals surface area contributed by atoms with Crippen LogP contribution in [0.15, 0.2) is 48.5 Å². The first-order chi connectivity index (χ1) is 11.3. The number of rotatable bonds is 3. The zero-order valence-electron chi connectivity index (χ0n) is 13.2. The molecule has 0 N–H and O–H groups in total. The van der Waals surface area contributed by atoms with Crippen molar-refractivity contribution in [2.45, 2.75) is 32.2 Å². The summed E-state index contributed by atoms with van der Waals surface area (Å²) in [6.45, 7) is 3.68. The quantitative estimate of drug-likeness (QED) is 0.627. The van der Waals surface area contributed by atoms with Crippen molar-refractivity contribution in [3.63, 3.8) is 0 Å². The van der Waals surface area contributed by atoms with Crippen molar-refractivity contribution in [3.8, 4) is 11.8 Å². The largest absolute Gasteiger partial charge is 0.417 e. The number of halogens is 4. The molecule has 2 aromatic rings. The van der Waals surface area contributed by atoms with Crippen LogP contribution in [-0.4, -0.2) is 6.10 Å². The average Bonchev–Trinajstić information content (AvgIpc) is 2.51. The molecule has 0 saturated heterocycles. The van der Waals surface area contributed by atoms with Crippen LogP contribution in [-0.2, 0) is 10.9 Å². The van der Waals surface area contributed by atoms with Gasteiger partial charge >= 0.3 is 6.18 Å². The predicted octanol–water partition coefficient (Wildman–Crippen LogP) is 5.88. The molecule has 0 aliphatic carbocycles. The third kappa shape index (κ3) is 5.02. The second-order valence-corrected chi connectivity index (χ2v) is 5.87. The van der Waals surface area contributed by atoms with Gasteiger partial charge in [-0.25, -0.2) is 0 Å². The molecule has 0 amide bonds. The minimum atomic E-state index is -4.44. The summed E-state index contributed by atoms with van der Waals surface area (Å²) >= 11 is 5.86. The Bertz CT molecular complexity index is 740. The van der Waals surface area contributed by atoms with Gasteiger partial charge < -0.3 is 4.74 Å². The summed E-state index contributed by atoms with van der Waals surface area (Å²) in [7, 11) is 0. The third-order valence-corrected chi connectivity index (χ3v) is 3.40. The van der Waals surface area contributed by atoms with Gasteiger partial charge in [0, 0.05) is 10.6 Å². The molecule has 5 heteroatoms. The highest BCUT2D eigenvalue weighted by molar-refractivity contribution is 6.30. The van der Waals surface area contributed by atoms with Gasteiger partial charge in [-0.3, -0.25) is 0 Å². The number of benzene rings is 2. The summed E-state index contributed by atoms with van der Waals surface area (Å²) in [6, 6.07) is 12.1. The number of ether oxygens (including phenoxy) is 1. The Hall–Kier alpha value is -1.96. The van der Waals surface area contributed by atoms with Crippen molar-refractivity contribution in [2.75, 3.05) is 0 Å². The molecule has 2 rings (SSSR count). The van der Waals surface area contributed by atoms with Crippen LogP contribution in [0.5, 0.6) is 0 Å². The molecule has 24 heavy (non-hydrogen) atoms. The highest BCUT2D eigenvalue weighted by Gasteiger charge is 2.32. The molecule has 0 heterocycles. The summed E-state index contributed by atoms with van der Waals surface area (Å²) < 4.78 is 44.8. The fourth-order valence-electron chi connectivity index (χ4n) is 2.09. The molecule has 126 valence electrons. The first-order valence-electron chi connectivity index (χ1n) is 7.36. The van der Waals surface area contributed by atoms with Crippen LogP contribution in [0, 0.1) is 11.8 Å². The summed E-state index contributed by atoms with van der Waals surface area (Å²) in [5, 5.41) is 0.567. The second kappa shape index (κ2) is 7.74. The van der Waals surface area contributed by atoms with E-state index < -0.39 is 17.8 Å². The van der Waals surface area contributed by atoms with Gasteiger partial charge in [0.25, 0.3) is 0 Å². The molecule has 1 nitrogen and oxygen atoms in total. The van der Waals surface area contributed by atoms with Gasteiger partial charge in [-0.05, 0) is 43.7 Å². The standard InChI is InChI=1S/C19H16ClF3O/c1-13(2)24-18(15-7-10-16(20)11-8-15)12-9-14-5-3-4-6-17(14)19(21,22)23/h3-8,10-11,13,18H,1-2H3. The van der Waals surface area contributed by atoms with Gasteiger partial charge in [0.1, 0.15) is 6.10 Å². The van der Waals surface area contributed by atoms with Crippen molar-refractivity contribution < 1.29 is 17.9 Å². The van der Waals surface area contributed by atoms with Crippen LogP contribution >= 0.6 is 11.6 Å². The van der Waals surface area contributed by atoms with Crippen LogP contribution in [0.2, 0.25) is 5.02 Å². The van der Waals surface area contributed by atoms with E-state index in [4.69, 9.17) is 16.3 Å². The predicted molar refractivity (Wildman–Crippen MR) is 88.7 cm³/mol. The highest BCUT2D eigenvalue weighted by atomic mass is 35.5. The summed E-state index contributed by atoms with van der Waals surface area (Å²) in [6.07, 6.45) is -5.21. The molecule has 0 fully saturated rings. The lowest BCUT2D eigenvalue weighted by atomic mass is 10.1. The monoisotopic (exact) mass is 352 g/mol. The van der Waals surface area contributed by atoms with Crippen molar-refractivity contribution in [3.05, 3.63) is 70.2 Å². The molecule has 0 spiro atoms. The van der Waals surface area contributed by atoms with E-state index >= 15 is 0 Å². The Morgan fingerprint density at radius 1 is 1.00 bits per heavy atom. The molecule has 0 aromatic heterocycles. The highest BCUT2D eigenvalue weighted by Crippen LogP contribution is 2.31. The van der Waals surface area contributed by atoms with Gasteiger partial charge in [0.15, 0.2) is 0 Å². The van der Waals surface area contributed by atoms with Crippen LogP contribution in [0.1, 0.15) is 36.6 Å². The number of hydrogen-bond acceptors (Lipinski definition) is 1. The lowest BCUT2D eigenvalue weighted by Crippen LogP contribution is -2.10. The van der Waals surface area contributed by atoms with E-state index in [0.29, 0.717) is 5.02 Å².